The van der Waals surface area contributed by atoms with E-state index in [1.807, 2.05) is 0 Å². The standard InChI is InChI=1S/C21H36O6/c1-6-18(22)25-16-11-13-21(27-20(24)8-3,12-9-10-15(4)5)17(14-16)26-19(23)7-2/h15-17H,6-14H2,1-5H3. The van der Waals surface area contributed by atoms with E-state index in [0.29, 0.717) is 38.0 Å². The van der Waals surface area contributed by atoms with Gasteiger partial charge in [-0.05, 0) is 31.6 Å². The van der Waals surface area contributed by atoms with E-state index in [0.717, 1.165) is 12.8 Å². The zero-order valence-electron chi connectivity index (χ0n) is 17.5. The van der Waals surface area contributed by atoms with E-state index in [-0.39, 0.29) is 36.9 Å². The predicted molar refractivity (Wildman–Crippen MR) is 102 cm³/mol. The van der Waals surface area contributed by atoms with Gasteiger partial charge in [-0.2, -0.15) is 0 Å². The Bertz CT molecular complexity index is 501. The van der Waals surface area contributed by atoms with Crippen molar-refractivity contribution in [2.75, 3.05) is 0 Å². The molecule has 0 aromatic heterocycles. The lowest BCUT2D eigenvalue weighted by Gasteiger charge is -2.45. The Morgan fingerprint density at radius 3 is 2.11 bits per heavy atom. The third-order valence-electron chi connectivity index (χ3n) is 5.09. The Morgan fingerprint density at radius 1 is 0.963 bits per heavy atom. The van der Waals surface area contributed by atoms with Gasteiger partial charge in [0, 0.05) is 25.7 Å². The molecule has 27 heavy (non-hydrogen) atoms. The smallest absolute Gasteiger partial charge is 0.306 e. The lowest BCUT2D eigenvalue weighted by atomic mass is 9.76. The van der Waals surface area contributed by atoms with Crippen LogP contribution in [0.25, 0.3) is 0 Å². The van der Waals surface area contributed by atoms with Crippen molar-refractivity contribution in [3.63, 3.8) is 0 Å². The van der Waals surface area contributed by atoms with Crippen LogP contribution in [0.1, 0.15) is 92.4 Å². The molecule has 0 N–H and O–H groups in total. The van der Waals surface area contributed by atoms with Crippen LogP contribution in [0.3, 0.4) is 0 Å². The van der Waals surface area contributed by atoms with Crippen molar-refractivity contribution in [1.82, 2.24) is 0 Å². The second-order valence-corrected chi connectivity index (χ2v) is 7.75. The van der Waals surface area contributed by atoms with Crippen LogP contribution in [0.5, 0.6) is 0 Å². The molecule has 6 nitrogen and oxygen atoms in total. The highest BCUT2D eigenvalue weighted by atomic mass is 16.6. The number of carbonyl (C=O) groups excluding carboxylic acids is 3. The number of rotatable bonds is 10. The van der Waals surface area contributed by atoms with Crippen molar-refractivity contribution in [2.24, 2.45) is 5.92 Å². The maximum Gasteiger partial charge on any atom is 0.306 e. The molecule has 3 atom stereocenters. The molecule has 0 bridgehead atoms. The Morgan fingerprint density at radius 2 is 1.56 bits per heavy atom. The number of hydrogen-bond donors (Lipinski definition) is 0. The van der Waals surface area contributed by atoms with Crippen molar-refractivity contribution < 1.29 is 28.6 Å². The number of ether oxygens (including phenoxy) is 3. The summed E-state index contributed by atoms with van der Waals surface area (Å²) in [5.41, 5.74) is -0.831. The first-order chi connectivity index (χ1) is 12.8. The molecule has 0 aliphatic heterocycles. The first-order valence-corrected chi connectivity index (χ1v) is 10.4. The number of hydrogen-bond acceptors (Lipinski definition) is 6. The monoisotopic (exact) mass is 384 g/mol. The maximum atomic E-state index is 12.1. The summed E-state index contributed by atoms with van der Waals surface area (Å²) in [5.74, 6) is -0.342. The van der Waals surface area contributed by atoms with Gasteiger partial charge in [-0.3, -0.25) is 14.4 Å². The quantitative estimate of drug-likeness (QED) is 0.412. The van der Waals surface area contributed by atoms with Gasteiger partial charge in [0.25, 0.3) is 0 Å². The van der Waals surface area contributed by atoms with Gasteiger partial charge >= 0.3 is 17.9 Å². The summed E-state index contributed by atoms with van der Waals surface area (Å²) in [6.45, 7) is 9.55. The van der Waals surface area contributed by atoms with Gasteiger partial charge in [-0.1, -0.05) is 41.0 Å². The zero-order valence-corrected chi connectivity index (χ0v) is 17.5. The molecule has 1 aliphatic rings. The maximum absolute atomic E-state index is 12.1. The predicted octanol–water partition coefficient (Wildman–Crippen LogP) is 4.33. The van der Waals surface area contributed by atoms with Crippen LogP contribution in [-0.4, -0.2) is 35.7 Å². The van der Waals surface area contributed by atoms with E-state index < -0.39 is 11.7 Å². The van der Waals surface area contributed by atoms with E-state index in [2.05, 4.69) is 13.8 Å². The topological polar surface area (TPSA) is 78.9 Å². The van der Waals surface area contributed by atoms with Gasteiger partial charge in [-0.25, -0.2) is 0 Å². The summed E-state index contributed by atoms with van der Waals surface area (Å²) < 4.78 is 17.1. The highest BCUT2D eigenvalue weighted by Crippen LogP contribution is 2.40. The van der Waals surface area contributed by atoms with E-state index in [1.54, 1.807) is 20.8 Å². The third-order valence-corrected chi connectivity index (χ3v) is 5.09. The molecule has 0 aromatic carbocycles. The molecule has 6 heteroatoms. The largest absolute Gasteiger partial charge is 0.462 e. The van der Waals surface area contributed by atoms with E-state index >= 15 is 0 Å². The molecule has 0 amide bonds. The number of carbonyl (C=O) groups is 3. The summed E-state index contributed by atoms with van der Waals surface area (Å²) in [5, 5.41) is 0. The summed E-state index contributed by atoms with van der Waals surface area (Å²) in [6.07, 6.45) is 3.96. The van der Waals surface area contributed by atoms with Crippen molar-refractivity contribution in [3.8, 4) is 0 Å². The summed E-state index contributed by atoms with van der Waals surface area (Å²) >= 11 is 0. The fraction of sp³-hybridized carbons (Fsp3) is 0.857. The van der Waals surface area contributed by atoms with E-state index in [1.165, 1.54) is 0 Å². The number of esters is 3. The highest BCUT2D eigenvalue weighted by molar-refractivity contribution is 5.71. The molecular weight excluding hydrogens is 348 g/mol. The second kappa shape index (κ2) is 11.3. The first kappa shape index (κ1) is 23.4. The average molecular weight is 385 g/mol. The van der Waals surface area contributed by atoms with Gasteiger partial charge in [0.15, 0.2) is 0 Å². The lowest BCUT2D eigenvalue weighted by Crippen LogP contribution is -2.54. The van der Waals surface area contributed by atoms with Gasteiger partial charge in [-0.15, -0.1) is 0 Å². The van der Waals surface area contributed by atoms with Crippen LogP contribution in [0.2, 0.25) is 0 Å². The van der Waals surface area contributed by atoms with Gasteiger partial charge in [0.05, 0.1) is 0 Å². The van der Waals surface area contributed by atoms with Crippen molar-refractivity contribution in [3.05, 3.63) is 0 Å². The van der Waals surface area contributed by atoms with E-state index in [9.17, 15) is 14.4 Å². The summed E-state index contributed by atoms with van der Waals surface area (Å²) in [7, 11) is 0. The molecule has 1 fully saturated rings. The molecule has 0 heterocycles. The minimum absolute atomic E-state index is 0.250. The normalized spacial score (nSPS) is 25.1. The summed E-state index contributed by atoms with van der Waals surface area (Å²) in [4.78, 5) is 35.8. The highest BCUT2D eigenvalue weighted by Gasteiger charge is 2.49. The second-order valence-electron chi connectivity index (χ2n) is 7.75. The molecule has 0 saturated heterocycles. The molecule has 1 saturated carbocycles. The Kier molecular flexibility index (Phi) is 9.81. The molecule has 156 valence electrons. The van der Waals surface area contributed by atoms with Gasteiger partial charge in [0.1, 0.15) is 17.8 Å². The molecule has 1 rings (SSSR count). The lowest BCUT2D eigenvalue weighted by molar-refractivity contribution is -0.205. The minimum Gasteiger partial charge on any atom is -0.462 e. The molecule has 0 aromatic rings. The Balaban J connectivity index is 3.02. The van der Waals surface area contributed by atoms with Gasteiger partial charge < -0.3 is 14.2 Å². The molecule has 0 spiro atoms. The molecule has 0 radical (unpaired) electrons. The summed E-state index contributed by atoms with van der Waals surface area (Å²) in [6, 6.07) is 0. The van der Waals surface area contributed by atoms with Crippen LogP contribution >= 0.6 is 0 Å². The molecular formula is C21H36O6. The van der Waals surface area contributed by atoms with E-state index in [4.69, 9.17) is 14.2 Å². The van der Waals surface area contributed by atoms with Crippen molar-refractivity contribution in [1.29, 1.82) is 0 Å². The zero-order chi connectivity index (χ0) is 20.4. The molecule has 3 unspecified atom stereocenters. The SMILES string of the molecule is CCC(=O)OC1CCC(CCCC(C)C)(OC(=O)CC)C(OC(=O)CC)C1. The minimum atomic E-state index is -0.831. The van der Waals surface area contributed by atoms with Crippen molar-refractivity contribution >= 4 is 17.9 Å². The average Bonchev–Trinajstić information content (AvgIpc) is 2.63. The van der Waals surface area contributed by atoms with Crippen LogP contribution in [0.4, 0.5) is 0 Å². The van der Waals surface area contributed by atoms with Crippen molar-refractivity contribution in [2.45, 2.75) is 110 Å². The Hall–Kier alpha value is -1.59. The first-order valence-electron chi connectivity index (χ1n) is 10.4. The van der Waals surface area contributed by atoms with Crippen LogP contribution < -0.4 is 0 Å². The Labute approximate surface area is 163 Å². The van der Waals surface area contributed by atoms with Crippen LogP contribution in [-0.2, 0) is 28.6 Å². The van der Waals surface area contributed by atoms with Gasteiger partial charge in [0.2, 0.25) is 0 Å². The molecule has 1 aliphatic carbocycles. The fourth-order valence-corrected chi connectivity index (χ4v) is 3.47. The van der Waals surface area contributed by atoms with Crippen LogP contribution in [0, 0.1) is 5.92 Å². The van der Waals surface area contributed by atoms with Crippen LogP contribution in [0.15, 0.2) is 0 Å². The fourth-order valence-electron chi connectivity index (χ4n) is 3.47. The third kappa shape index (κ3) is 7.51.